The number of nitrogens with two attached hydrogens (primary N) is 1. The van der Waals surface area contributed by atoms with E-state index in [-0.39, 0.29) is 47.8 Å². The van der Waals surface area contributed by atoms with Crippen LogP contribution in [0.5, 0.6) is 0 Å². The molecule has 0 amide bonds. The van der Waals surface area contributed by atoms with E-state index in [1.54, 1.807) is 19.2 Å². The maximum absolute atomic E-state index is 13.8. The number of guanidine groups is 1. The number of hydrogen-bond acceptors (Lipinski definition) is 2. The molecule has 1 saturated carbocycles. The molecule has 0 spiro atoms. The van der Waals surface area contributed by atoms with Gasteiger partial charge in [0, 0.05) is 29.7 Å². The monoisotopic (exact) mass is 427 g/mol. The van der Waals surface area contributed by atoms with Gasteiger partial charge >= 0.3 is 0 Å². The van der Waals surface area contributed by atoms with Crippen LogP contribution in [-0.2, 0) is 4.74 Å². The van der Waals surface area contributed by atoms with E-state index in [9.17, 15) is 4.39 Å². The summed E-state index contributed by atoms with van der Waals surface area (Å²) in [7, 11) is 1.63. The maximum atomic E-state index is 13.8. The summed E-state index contributed by atoms with van der Waals surface area (Å²) in [5, 5.41) is 3.48. The third kappa shape index (κ3) is 4.96. The number of hydrogen-bond donors (Lipinski definition) is 2. The molecule has 3 N–H and O–H groups in total. The number of aliphatic imine (C=N–C) groups is 1. The van der Waals surface area contributed by atoms with Crippen molar-refractivity contribution < 1.29 is 9.13 Å². The average molecular weight is 428 g/mol. The minimum absolute atomic E-state index is 0. The number of nitrogens with zero attached hydrogens (tertiary/aromatic N) is 1. The number of benzene rings is 1. The quantitative estimate of drug-likeness (QED) is 0.432. The molecule has 4 nitrogen and oxygen atoms in total. The van der Waals surface area contributed by atoms with Gasteiger partial charge in [-0.25, -0.2) is 9.38 Å². The van der Waals surface area contributed by atoms with Gasteiger partial charge in [-0.15, -0.1) is 24.0 Å². The molecule has 21 heavy (non-hydrogen) atoms. The zero-order valence-electron chi connectivity index (χ0n) is 12.0. The fourth-order valence-electron chi connectivity index (χ4n) is 2.26. The number of ether oxygens (including phenoxy) is 1. The van der Waals surface area contributed by atoms with E-state index in [0.29, 0.717) is 23.2 Å². The summed E-state index contributed by atoms with van der Waals surface area (Å²) in [6.07, 6.45) is 0.766. The van der Waals surface area contributed by atoms with Crippen LogP contribution < -0.4 is 11.1 Å². The predicted octanol–water partition coefficient (Wildman–Crippen LogP) is 2.89. The zero-order valence-corrected chi connectivity index (χ0v) is 15.1. The summed E-state index contributed by atoms with van der Waals surface area (Å²) in [6, 6.07) is 4.79. The summed E-state index contributed by atoms with van der Waals surface area (Å²) in [5.74, 6) is 0.0933. The summed E-state index contributed by atoms with van der Waals surface area (Å²) in [4.78, 5) is 4.35. The smallest absolute Gasteiger partial charge is 0.189 e. The van der Waals surface area contributed by atoms with Crippen LogP contribution in [0, 0.1) is 5.82 Å². The van der Waals surface area contributed by atoms with Crippen LogP contribution in [0.25, 0.3) is 0 Å². The molecule has 0 aliphatic heterocycles. The third-order valence-electron chi connectivity index (χ3n) is 3.24. The number of methoxy groups -OCH3 is 1. The Bertz CT molecular complexity index is 495. The van der Waals surface area contributed by atoms with Gasteiger partial charge in [0.1, 0.15) is 5.82 Å². The molecule has 0 aromatic heterocycles. The topological polar surface area (TPSA) is 59.6 Å². The van der Waals surface area contributed by atoms with Gasteiger partial charge in [0.2, 0.25) is 0 Å². The standard InChI is InChI=1S/C14H19ClFN3O.HI/c1-8(7-20-2)18-14(17)19-12-6-9(12)13-10(15)4-3-5-11(13)16;/h3-5,8-9,12H,6-7H2,1-2H3,(H3,17,18,19);1H. The molecule has 3 atom stereocenters. The molecule has 7 heteroatoms. The van der Waals surface area contributed by atoms with Crippen LogP contribution in [0.4, 0.5) is 4.39 Å². The van der Waals surface area contributed by atoms with Crippen molar-refractivity contribution in [2.45, 2.75) is 31.3 Å². The molecule has 0 radical (unpaired) electrons. The minimum atomic E-state index is -0.278. The van der Waals surface area contributed by atoms with Crippen LogP contribution >= 0.6 is 35.6 Å². The van der Waals surface area contributed by atoms with Gasteiger partial charge in [-0.05, 0) is 25.5 Å². The Morgan fingerprint density at radius 2 is 2.33 bits per heavy atom. The van der Waals surface area contributed by atoms with E-state index in [1.165, 1.54) is 6.07 Å². The fraction of sp³-hybridized carbons (Fsp3) is 0.500. The molecule has 3 unspecified atom stereocenters. The summed E-state index contributed by atoms with van der Waals surface area (Å²) in [6.45, 7) is 2.49. The third-order valence-corrected chi connectivity index (χ3v) is 3.57. The first-order valence-electron chi connectivity index (χ1n) is 6.55. The predicted molar refractivity (Wildman–Crippen MR) is 94.1 cm³/mol. The zero-order chi connectivity index (χ0) is 14.7. The second-order valence-corrected chi connectivity index (χ2v) is 5.47. The molecule has 0 heterocycles. The van der Waals surface area contributed by atoms with E-state index in [4.69, 9.17) is 22.1 Å². The Hall–Kier alpha value is -0.600. The van der Waals surface area contributed by atoms with Crippen LogP contribution in [0.15, 0.2) is 23.2 Å². The van der Waals surface area contributed by atoms with Gasteiger partial charge in [-0.3, -0.25) is 0 Å². The lowest BCUT2D eigenvalue weighted by molar-refractivity contribution is 0.179. The molecule has 118 valence electrons. The van der Waals surface area contributed by atoms with Crippen molar-refractivity contribution in [2.24, 2.45) is 10.7 Å². The summed E-state index contributed by atoms with van der Waals surface area (Å²) in [5.41, 5.74) is 6.36. The van der Waals surface area contributed by atoms with Crippen molar-refractivity contribution in [1.82, 2.24) is 5.32 Å². The summed E-state index contributed by atoms with van der Waals surface area (Å²) < 4.78 is 18.8. The number of rotatable bonds is 5. The lowest BCUT2D eigenvalue weighted by Crippen LogP contribution is -2.40. The van der Waals surface area contributed by atoms with Gasteiger partial charge in [0.05, 0.1) is 12.6 Å². The molecule has 1 fully saturated rings. The Morgan fingerprint density at radius 1 is 1.62 bits per heavy atom. The highest BCUT2D eigenvalue weighted by atomic mass is 127. The minimum Gasteiger partial charge on any atom is -0.383 e. The SMILES string of the molecule is COCC(C)NC(N)=NC1CC1c1c(F)cccc1Cl.I. The van der Waals surface area contributed by atoms with E-state index in [1.807, 2.05) is 6.92 Å². The van der Waals surface area contributed by atoms with Crippen molar-refractivity contribution in [2.75, 3.05) is 13.7 Å². The molecule has 1 aliphatic carbocycles. The highest BCUT2D eigenvalue weighted by Gasteiger charge is 2.41. The van der Waals surface area contributed by atoms with E-state index < -0.39 is 0 Å². The summed E-state index contributed by atoms with van der Waals surface area (Å²) >= 11 is 6.04. The van der Waals surface area contributed by atoms with Gasteiger partial charge in [-0.2, -0.15) is 0 Å². The van der Waals surface area contributed by atoms with E-state index >= 15 is 0 Å². The first-order chi connectivity index (χ1) is 9.52. The van der Waals surface area contributed by atoms with Crippen molar-refractivity contribution in [3.63, 3.8) is 0 Å². The molecule has 1 aromatic rings. The second kappa shape index (κ2) is 8.14. The first kappa shape index (κ1) is 18.4. The second-order valence-electron chi connectivity index (χ2n) is 5.06. The van der Waals surface area contributed by atoms with Gasteiger partial charge in [-0.1, -0.05) is 17.7 Å². The normalized spacial score (nSPS) is 22.4. The van der Waals surface area contributed by atoms with E-state index in [0.717, 1.165) is 6.42 Å². The Balaban J connectivity index is 0.00000220. The molecular weight excluding hydrogens is 408 g/mol. The van der Waals surface area contributed by atoms with Crippen LogP contribution in [-0.4, -0.2) is 31.8 Å². The fourth-order valence-corrected chi connectivity index (χ4v) is 2.56. The van der Waals surface area contributed by atoms with Crippen LogP contribution in [0.2, 0.25) is 5.02 Å². The number of nitrogens with one attached hydrogen (secondary N) is 1. The maximum Gasteiger partial charge on any atom is 0.189 e. The van der Waals surface area contributed by atoms with Crippen molar-refractivity contribution in [3.8, 4) is 0 Å². The Kier molecular flexibility index (Phi) is 7.15. The first-order valence-corrected chi connectivity index (χ1v) is 6.93. The van der Waals surface area contributed by atoms with Crippen LogP contribution in [0.1, 0.15) is 24.8 Å². The van der Waals surface area contributed by atoms with Crippen molar-refractivity contribution in [1.29, 1.82) is 0 Å². The average Bonchev–Trinajstić information content (AvgIpc) is 3.07. The molecule has 0 saturated heterocycles. The number of halogens is 3. The van der Waals surface area contributed by atoms with Gasteiger partial charge < -0.3 is 15.8 Å². The Labute approximate surface area is 146 Å². The lowest BCUT2D eigenvalue weighted by Gasteiger charge is -2.13. The van der Waals surface area contributed by atoms with Crippen molar-refractivity contribution >= 4 is 41.5 Å². The van der Waals surface area contributed by atoms with E-state index in [2.05, 4.69) is 10.3 Å². The van der Waals surface area contributed by atoms with Crippen LogP contribution in [0.3, 0.4) is 0 Å². The molecule has 1 aliphatic rings. The van der Waals surface area contributed by atoms with Crippen molar-refractivity contribution in [3.05, 3.63) is 34.6 Å². The molecule has 1 aromatic carbocycles. The highest BCUT2D eigenvalue weighted by Crippen LogP contribution is 2.46. The highest BCUT2D eigenvalue weighted by molar-refractivity contribution is 14.0. The largest absolute Gasteiger partial charge is 0.383 e. The molecule has 2 rings (SSSR count). The van der Waals surface area contributed by atoms with Gasteiger partial charge in [0.15, 0.2) is 5.96 Å². The lowest BCUT2D eigenvalue weighted by atomic mass is 10.1. The molecule has 0 bridgehead atoms. The van der Waals surface area contributed by atoms with Gasteiger partial charge in [0.25, 0.3) is 0 Å². The Morgan fingerprint density at radius 3 is 2.95 bits per heavy atom. The molecular formula is C14H20ClFIN3O.